The molecular formula is C21H21F5N2O4. The number of hydrogen-bond donors (Lipinski definition) is 0. The van der Waals surface area contributed by atoms with Crippen LogP contribution in [0.3, 0.4) is 0 Å². The van der Waals surface area contributed by atoms with Crippen molar-refractivity contribution in [1.29, 1.82) is 0 Å². The fourth-order valence-electron chi connectivity index (χ4n) is 3.65. The number of likely N-dealkylation sites (tertiary alicyclic amines) is 1. The van der Waals surface area contributed by atoms with Crippen molar-refractivity contribution in [1.82, 2.24) is 9.80 Å². The number of amides is 2. The maximum Gasteiger partial charge on any atom is 0.406 e. The van der Waals surface area contributed by atoms with E-state index in [0.29, 0.717) is 17.7 Å². The minimum absolute atomic E-state index is 0.108. The van der Waals surface area contributed by atoms with Crippen LogP contribution in [0.4, 0.5) is 22.0 Å². The quantitative estimate of drug-likeness (QED) is 0.578. The Morgan fingerprint density at radius 2 is 1.94 bits per heavy atom. The van der Waals surface area contributed by atoms with Crippen molar-refractivity contribution in [3.63, 3.8) is 0 Å². The van der Waals surface area contributed by atoms with Gasteiger partial charge in [-0.2, -0.15) is 22.0 Å². The van der Waals surface area contributed by atoms with Gasteiger partial charge < -0.3 is 19.0 Å². The second kappa shape index (κ2) is 10.0. The fraction of sp³-hybridized carbons (Fsp3) is 0.429. The van der Waals surface area contributed by atoms with Gasteiger partial charge in [0.2, 0.25) is 5.91 Å². The van der Waals surface area contributed by atoms with Gasteiger partial charge in [-0.3, -0.25) is 9.59 Å². The van der Waals surface area contributed by atoms with Gasteiger partial charge in [0.05, 0.1) is 24.3 Å². The van der Waals surface area contributed by atoms with Crippen molar-refractivity contribution in [2.24, 2.45) is 5.92 Å². The molecule has 6 nitrogen and oxygen atoms in total. The second-order valence-electron chi connectivity index (χ2n) is 7.35. The Hall–Kier alpha value is -3.11. The van der Waals surface area contributed by atoms with E-state index < -0.39 is 37.1 Å². The molecule has 1 aromatic heterocycles. The van der Waals surface area contributed by atoms with Crippen molar-refractivity contribution in [2.45, 2.75) is 32.2 Å². The highest BCUT2D eigenvalue weighted by atomic mass is 19.4. The number of furan rings is 1. The molecular weight excluding hydrogens is 439 g/mol. The maximum absolute atomic E-state index is 13.1. The topological polar surface area (TPSA) is 63.0 Å². The number of ether oxygens (including phenoxy) is 1. The van der Waals surface area contributed by atoms with Crippen molar-refractivity contribution in [3.8, 4) is 5.75 Å². The molecule has 32 heavy (non-hydrogen) atoms. The van der Waals surface area contributed by atoms with Crippen molar-refractivity contribution in [2.75, 3.05) is 19.6 Å². The van der Waals surface area contributed by atoms with Gasteiger partial charge >= 0.3 is 12.8 Å². The SMILES string of the molecule is O=C(c1ccccc1OC(F)F)N1CCCC(C(=O)N(Cc2ccco2)CC(F)(F)F)C1. The molecule has 0 radical (unpaired) electrons. The molecule has 1 atom stereocenters. The van der Waals surface area contributed by atoms with E-state index in [-0.39, 0.29) is 36.7 Å². The zero-order chi connectivity index (χ0) is 23.3. The summed E-state index contributed by atoms with van der Waals surface area (Å²) in [5, 5.41) is 0. The highest BCUT2D eigenvalue weighted by Crippen LogP contribution is 2.27. The number of rotatable bonds is 7. The Kier molecular flexibility index (Phi) is 7.37. The molecule has 0 bridgehead atoms. The standard InChI is InChI=1S/C21H21F5N2O4/c22-20(23)32-17-8-2-1-7-16(17)19(30)27-9-3-5-14(11-27)18(29)28(13-21(24,25)26)12-15-6-4-10-31-15/h1-2,4,6-8,10,14,20H,3,5,9,11-13H2. The first kappa shape index (κ1) is 23.6. The molecule has 1 fully saturated rings. The van der Waals surface area contributed by atoms with Crippen LogP contribution in [0.15, 0.2) is 47.1 Å². The molecule has 1 aliphatic rings. The lowest BCUT2D eigenvalue weighted by atomic mass is 9.95. The molecule has 0 N–H and O–H groups in total. The fourth-order valence-corrected chi connectivity index (χ4v) is 3.65. The third-order valence-electron chi connectivity index (χ3n) is 5.00. The average Bonchev–Trinajstić information content (AvgIpc) is 3.24. The third kappa shape index (κ3) is 6.21. The lowest BCUT2D eigenvalue weighted by Crippen LogP contribution is -2.48. The molecule has 0 spiro atoms. The van der Waals surface area contributed by atoms with Crippen LogP contribution >= 0.6 is 0 Å². The molecule has 3 rings (SSSR count). The average molecular weight is 460 g/mol. The predicted octanol–water partition coefficient (Wildman–Crippen LogP) is 4.32. The van der Waals surface area contributed by atoms with Gasteiger partial charge in [0.1, 0.15) is 18.1 Å². The first-order valence-corrected chi connectivity index (χ1v) is 9.85. The molecule has 0 aliphatic carbocycles. The lowest BCUT2D eigenvalue weighted by Gasteiger charge is -2.35. The van der Waals surface area contributed by atoms with E-state index in [1.54, 1.807) is 0 Å². The van der Waals surface area contributed by atoms with Gasteiger partial charge in [0.15, 0.2) is 0 Å². The first-order valence-electron chi connectivity index (χ1n) is 9.85. The van der Waals surface area contributed by atoms with Gasteiger partial charge in [-0.1, -0.05) is 12.1 Å². The van der Waals surface area contributed by atoms with Gasteiger partial charge in [-0.05, 0) is 37.1 Å². The number of nitrogens with zero attached hydrogens (tertiary/aromatic N) is 2. The summed E-state index contributed by atoms with van der Waals surface area (Å²) in [6, 6.07) is 8.42. The van der Waals surface area contributed by atoms with Gasteiger partial charge in [0, 0.05) is 13.1 Å². The van der Waals surface area contributed by atoms with Gasteiger partial charge in [-0.25, -0.2) is 0 Å². The summed E-state index contributed by atoms with van der Waals surface area (Å²) in [6.07, 6.45) is -2.64. The molecule has 2 heterocycles. The largest absolute Gasteiger partial charge is 0.467 e. The van der Waals surface area contributed by atoms with Crippen LogP contribution in [0.5, 0.6) is 5.75 Å². The van der Waals surface area contributed by atoms with E-state index in [1.807, 2.05) is 0 Å². The minimum atomic E-state index is -4.61. The number of para-hydroxylation sites is 1. The maximum atomic E-state index is 13.1. The van der Waals surface area contributed by atoms with Crippen LogP contribution in [0, 0.1) is 5.92 Å². The van der Waals surface area contributed by atoms with E-state index in [0.717, 1.165) is 0 Å². The van der Waals surface area contributed by atoms with Crippen LogP contribution < -0.4 is 4.74 Å². The van der Waals surface area contributed by atoms with Crippen LogP contribution in [-0.4, -0.2) is 54.0 Å². The summed E-state index contributed by atoms with van der Waals surface area (Å²) in [4.78, 5) is 27.8. The Balaban J connectivity index is 1.75. The molecule has 11 heteroatoms. The van der Waals surface area contributed by atoms with Crippen molar-refractivity contribution in [3.05, 3.63) is 54.0 Å². The molecule has 2 amide bonds. The Morgan fingerprint density at radius 3 is 2.59 bits per heavy atom. The Labute approximate surface area is 180 Å². The zero-order valence-corrected chi connectivity index (χ0v) is 16.9. The number of alkyl halides is 5. The summed E-state index contributed by atoms with van der Waals surface area (Å²) in [7, 11) is 0. The summed E-state index contributed by atoms with van der Waals surface area (Å²) < 4.78 is 74.0. The second-order valence-corrected chi connectivity index (χ2v) is 7.35. The van der Waals surface area contributed by atoms with E-state index in [1.165, 1.54) is 47.6 Å². The summed E-state index contributed by atoms with van der Waals surface area (Å²) in [6.45, 7) is -4.84. The van der Waals surface area contributed by atoms with E-state index in [4.69, 9.17) is 4.42 Å². The van der Waals surface area contributed by atoms with E-state index in [9.17, 15) is 31.5 Å². The minimum Gasteiger partial charge on any atom is -0.467 e. The number of halogens is 5. The predicted molar refractivity (Wildman–Crippen MR) is 102 cm³/mol. The Bertz CT molecular complexity index is 917. The number of benzene rings is 1. The molecule has 0 saturated carbocycles. The molecule has 1 aromatic carbocycles. The summed E-state index contributed by atoms with van der Waals surface area (Å²) >= 11 is 0. The van der Waals surface area contributed by atoms with E-state index >= 15 is 0 Å². The smallest absolute Gasteiger partial charge is 0.406 e. The highest BCUT2D eigenvalue weighted by Gasteiger charge is 2.38. The molecule has 174 valence electrons. The van der Waals surface area contributed by atoms with Gasteiger partial charge in [0.25, 0.3) is 5.91 Å². The first-order chi connectivity index (χ1) is 15.1. The van der Waals surface area contributed by atoms with Crippen LogP contribution in [0.25, 0.3) is 0 Å². The van der Waals surface area contributed by atoms with Crippen molar-refractivity contribution < 1.29 is 40.7 Å². The number of hydrogen-bond acceptors (Lipinski definition) is 4. The summed E-state index contributed by atoms with van der Waals surface area (Å²) in [5.74, 6) is -2.37. The molecule has 2 aromatic rings. The van der Waals surface area contributed by atoms with E-state index in [2.05, 4.69) is 4.74 Å². The van der Waals surface area contributed by atoms with Crippen molar-refractivity contribution >= 4 is 11.8 Å². The Morgan fingerprint density at radius 1 is 1.19 bits per heavy atom. The molecule has 1 aliphatic heterocycles. The van der Waals surface area contributed by atoms with Crippen LogP contribution in [0.2, 0.25) is 0 Å². The monoisotopic (exact) mass is 460 g/mol. The van der Waals surface area contributed by atoms with Gasteiger partial charge in [-0.15, -0.1) is 0 Å². The zero-order valence-electron chi connectivity index (χ0n) is 16.9. The number of carbonyl (C=O) groups is 2. The molecule has 1 unspecified atom stereocenters. The molecule has 1 saturated heterocycles. The van der Waals surface area contributed by atoms with Crippen LogP contribution in [0.1, 0.15) is 29.0 Å². The number of carbonyl (C=O) groups excluding carboxylic acids is 2. The number of piperidine rings is 1. The van der Waals surface area contributed by atoms with Crippen LogP contribution in [-0.2, 0) is 11.3 Å². The summed E-state index contributed by atoms with van der Waals surface area (Å²) in [5.41, 5.74) is -0.108. The third-order valence-corrected chi connectivity index (χ3v) is 5.00. The lowest BCUT2D eigenvalue weighted by molar-refractivity contribution is -0.166. The highest BCUT2D eigenvalue weighted by molar-refractivity contribution is 5.97. The normalized spacial score (nSPS) is 16.8.